The van der Waals surface area contributed by atoms with Gasteiger partial charge in [0.1, 0.15) is 18.4 Å². The van der Waals surface area contributed by atoms with E-state index in [2.05, 4.69) is 5.32 Å². The van der Waals surface area contributed by atoms with Gasteiger partial charge in [0.15, 0.2) is 0 Å². The second-order valence-electron chi connectivity index (χ2n) is 7.47. The molecule has 2 aliphatic heterocycles. The molecule has 0 radical (unpaired) electrons. The molecular formula is C22H21FN4O4. The summed E-state index contributed by atoms with van der Waals surface area (Å²) in [6.07, 6.45) is 1.35. The fourth-order valence-electron chi connectivity index (χ4n) is 3.80. The Bertz CT molecular complexity index is 1040. The standard InChI is InChI=1S/C22H21FN4O4/c1-14-21(30)26(22(31)27(14)18-8-4-15(23)5-9-18)13-19(28)24-16-6-10-17(11-7-16)25-12-2-3-20(25)29/h4-11,14H,2-3,12-13H2,1H3,(H,24,28)/t14-/m0/s1. The summed E-state index contributed by atoms with van der Waals surface area (Å²) in [5.74, 6) is -1.42. The Balaban J connectivity index is 1.41. The van der Waals surface area contributed by atoms with Crippen LogP contribution in [-0.4, -0.2) is 47.8 Å². The third kappa shape index (κ3) is 3.98. The van der Waals surface area contributed by atoms with Crippen molar-refractivity contribution >= 4 is 40.8 Å². The summed E-state index contributed by atoms with van der Waals surface area (Å²) >= 11 is 0. The number of carbonyl (C=O) groups excluding carboxylic acids is 4. The SMILES string of the molecule is C[C@H]1C(=O)N(CC(=O)Nc2ccc(N3CCCC3=O)cc2)C(=O)N1c1ccc(F)cc1. The minimum Gasteiger partial charge on any atom is -0.325 e. The van der Waals surface area contributed by atoms with Crippen molar-refractivity contribution in [3.8, 4) is 0 Å². The average Bonchev–Trinajstić information content (AvgIpc) is 3.26. The molecule has 0 aromatic heterocycles. The number of hydrogen-bond acceptors (Lipinski definition) is 4. The molecule has 1 N–H and O–H groups in total. The number of amides is 5. The van der Waals surface area contributed by atoms with Gasteiger partial charge in [-0.3, -0.25) is 24.2 Å². The van der Waals surface area contributed by atoms with Gasteiger partial charge in [0.25, 0.3) is 5.91 Å². The lowest BCUT2D eigenvalue weighted by Gasteiger charge is -2.19. The molecule has 160 valence electrons. The number of nitrogens with one attached hydrogen (secondary N) is 1. The van der Waals surface area contributed by atoms with Gasteiger partial charge < -0.3 is 10.2 Å². The lowest BCUT2D eigenvalue weighted by atomic mass is 10.2. The first-order valence-corrected chi connectivity index (χ1v) is 9.95. The number of rotatable bonds is 5. The van der Waals surface area contributed by atoms with Crippen LogP contribution >= 0.6 is 0 Å². The Morgan fingerprint density at radius 3 is 2.29 bits per heavy atom. The fourth-order valence-corrected chi connectivity index (χ4v) is 3.80. The Morgan fingerprint density at radius 1 is 1.03 bits per heavy atom. The molecule has 0 bridgehead atoms. The molecule has 0 unspecified atom stereocenters. The maximum atomic E-state index is 13.2. The van der Waals surface area contributed by atoms with Crippen LogP contribution in [0.4, 0.5) is 26.2 Å². The van der Waals surface area contributed by atoms with Crippen molar-refractivity contribution < 1.29 is 23.6 Å². The molecule has 5 amide bonds. The molecule has 0 spiro atoms. The highest BCUT2D eigenvalue weighted by Crippen LogP contribution is 2.26. The maximum Gasteiger partial charge on any atom is 0.332 e. The highest BCUT2D eigenvalue weighted by molar-refractivity contribution is 6.16. The van der Waals surface area contributed by atoms with E-state index in [9.17, 15) is 23.6 Å². The first-order valence-electron chi connectivity index (χ1n) is 9.95. The van der Waals surface area contributed by atoms with Gasteiger partial charge in [-0.2, -0.15) is 0 Å². The molecule has 2 aromatic carbocycles. The van der Waals surface area contributed by atoms with E-state index in [1.54, 1.807) is 36.1 Å². The molecule has 2 aliphatic rings. The number of benzene rings is 2. The largest absolute Gasteiger partial charge is 0.332 e. The van der Waals surface area contributed by atoms with E-state index < -0.39 is 36.2 Å². The van der Waals surface area contributed by atoms with Gasteiger partial charge in [0.05, 0.1) is 0 Å². The van der Waals surface area contributed by atoms with Gasteiger partial charge in [-0.05, 0) is 61.9 Å². The van der Waals surface area contributed by atoms with Crippen molar-refractivity contribution in [1.29, 1.82) is 0 Å². The summed E-state index contributed by atoms with van der Waals surface area (Å²) < 4.78 is 13.2. The van der Waals surface area contributed by atoms with Gasteiger partial charge in [-0.15, -0.1) is 0 Å². The zero-order valence-electron chi connectivity index (χ0n) is 16.9. The average molecular weight is 424 g/mol. The van der Waals surface area contributed by atoms with Crippen LogP contribution in [0.5, 0.6) is 0 Å². The molecular weight excluding hydrogens is 403 g/mol. The summed E-state index contributed by atoms with van der Waals surface area (Å²) in [6.45, 7) is 1.79. The molecule has 8 nitrogen and oxygen atoms in total. The molecule has 1 atom stereocenters. The fraction of sp³-hybridized carbons (Fsp3) is 0.273. The van der Waals surface area contributed by atoms with Crippen LogP contribution in [0, 0.1) is 5.82 Å². The summed E-state index contributed by atoms with van der Waals surface area (Å²) in [5, 5.41) is 2.66. The quantitative estimate of drug-likeness (QED) is 0.748. The summed E-state index contributed by atoms with van der Waals surface area (Å²) in [7, 11) is 0. The van der Waals surface area contributed by atoms with E-state index in [1.807, 2.05) is 0 Å². The van der Waals surface area contributed by atoms with Crippen molar-refractivity contribution in [1.82, 2.24) is 4.90 Å². The van der Waals surface area contributed by atoms with E-state index in [4.69, 9.17) is 0 Å². The third-order valence-corrected chi connectivity index (χ3v) is 5.39. The van der Waals surface area contributed by atoms with Gasteiger partial charge in [0, 0.05) is 30.0 Å². The summed E-state index contributed by atoms with van der Waals surface area (Å²) in [6, 6.07) is 10.6. The van der Waals surface area contributed by atoms with Crippen LogP contribution in [0.1, 0.15) is 19.8 Å². The van der Waals surface area contributed by atoms with Gasteiger partial charge >= 0.3 is 6.03 Å². The summed E-state index contributed by atoms with van der Waals surface area (Å²) in [5.41, 5.74) is 1.62. The highest BCUT2D eigenvalue weighted by atomic mass is 19.1. The molecule has 0 saturated carbocycles. The Labute approximate surface area is 178 Å². The number of imide groups is 1. The van der Waals surface area contributed by atoms with Gasteiger partial charge in [-0.25, -0.2) is 9.18 Å². The number of carbonyl (C=O) groups is 4. The lowest BCUT2D eigenvalue weighted by molar-refractivity contribution is -0.130. The molecule has 0 aliphatic carbocycles. The number of nitrogens with zero attached hydrogens (tertiary/aromatic N) is 3. The van der Waals surface area contributed by atoms with Crippen LogP contribution < -0.4 is 15.1 Å². The predicted molar refractivity (Wildman–Crippen MR) is 112 cm³/mol. The van der Waals surface area contributed by atoms with Crippen molar-refractivity contribution in [2.75, 3.05) is 28.2 Å². The molecule has 2 aromatic rings. The zero-order valence-corrected chi connectivity index (χ0v) is 16.9. The Morgan fingerprint density at radius 2 is 1.68 bits per heavy atom. The maximum absolute atomic E-state index is 13.2. The molecule has 2 heterocycles. The minimum atomic E-state index is -0.803. The van der Waals surface area contributed by atoms with Gasteiger partial charge in [0.2, 0.25) is 11.8 Å². The second-order valence-corrected chi connectivity index (χ2v) is 7.47. The molecule has 31 heavy (non-hydrogen) atoms. The molecule has 2 fully saturated rings. The van der Waals surface area contributed by atoms with E-state index in [0.29, 0.717) is 24.3 Å². The zero-order chi connectivity index (χ0) is 22.1. The monoisotopic (exact) mass is 424 g/mol. The highest BCUT2D eigenvalue weighted by Gasteiger charge is 2.44. The first kappa shape index (κ1) is 20.5. The third-order valence-electron chi connectivity index (χ3n) is 5.39. The van der Waals surface area contributed by atoms with E-state index in [0.717, 1.165) is 17.0 Å². The molecule has 9 heteroatoms. The molecule has 2 saturated heterocycles. The number of halogens is 1. The Hall–Kier alpha value is -3.75. The first-order chi connectivity index (χ1) is 14.8. The molecule has 4 rings (SSSR count). The minimum absolute atomic E-state index is 0.0719. The lowest BCUT2D eigenvalue weighted by Crippen LogP contribution is -2.39. The summed E-state index contributed by atoms with van der Waals surface area (Å²) in [4.78, 5) is 53.4. The number of hydrogen-bond donors (Lipinski definition) is 1. The smallest absolute Gasteiger partial charge is 0.325 e. The van der Waals surface area contributed by atoms with Crippen LogP contribution in [0.25, 0.3) is 0 Å². The number of urea groups is 1. The van der Waals surface area contributed by atoms with E-state index in [-0.39, 0.29) is 5.91 Å². The van der Waals surface area contributed by atoms with Crippen molar-refractivity contribution in [2.24, 2.45) is 0 Å². The topological polar surface area (TPSA) is 90.0 Å². The van der Waals surface area contributed by atoms with Crippen LogP contribution in [0.3, 0.4) is 0 Å². The van der Waals surface area contributed by atoms with Crippen molar-refractivity contribution in [2.45, 2.75) is 25.8 Å². The van der Waals surface area contributed by atoms with E-state index >= 15 is 0 Å². The number of anilines is 3. The Kier molecular flexibility index (Phi) is 5.41. The van der Waals surface area contributed by atoms with E-state index in [1.165, 1.54) is 29.2 Å². The van der Waals surface area contributed by atoms with Crippen molar-refractivity contribution in [3.05, 3.63) is 54.3 Å². The van der Waals surface area contributed by atoms with Crippen molar-refractivity contribution in [3.63, 3.8) is 0 Å². The van der Waals surface area contributed by atoms with Gasteiger partial charge in [-0.1, -0.05) is 0 Å². The second kappa shape index (κ2) is 8.17. The normalized spacial score (nSPS) is 18.8. The van der Waals surface area contributed by atoms with Crippen LogP contribution in [0.2, 0.25) is 0 Å². The predicted octanol–water partition coefficient (Wildman–Crippen LogP) is 2.75. The van der Waals surface area contributed by atoms with Crippen LogP contribution in [0.15, 0.2) is 48.5 Å². The van der Waals surface area contributed by atoms with Crippen LogP contribution in [-0.2, 0) is 14.4 Å².